The molecule has 2 fully saturated rings. The van der Waals surface area contributed by atoms with Gasteiger partial charge in [-0.15, -0.1) is 0 Å². The van der Waals surface area contributed by atoms with E-state index in [9.17, 15) is 9.59 Å². The zero-order chi connectivity index (χ0) is 19.5. The highest BCUT2D eigenvalue weighted by molar-refractivity contribution is 6.30. The van der Waals surface area contributed by atoms with Crippen LogP contribution in [-0.2, 0) is 4.79 Å². The maximum atomic E-state index is 13.1. The third-order valence-electron chi connectivity index (χ3n) is 5.43. The molecule has 2 unspecified atom stereocenters. The van der Waals surface area contributed by atoms with Crippen molar-refractivity contribution in [1.82, 2.24) is 20.7 Å². The number of piperazine rings is 1. The van der Waals surface area contributed by atoms with Gasteiger partial charge in [-0.3, -0.25) is 15.0 Å². The molecule has 2 aromatic carbocycles. The molecule has 6 nitrogen and oxygen atoms in total. The lowest BCUT2D eigenvalue weighted by Crippen LogP contribution is -2.52. The minimum Gasteiger partial charge on any atom is -0.339 e. The molecule has 0 radical (unpaired) electrons. The summed E-state index contributed by atoms with van der Waals surface area (Å²) in [7, 11) is 0. The normalized spacial score (nSPS) is 22.3. The van der Waals surface area contributed by atoms with E-state index in [1.54, 1.807) is 0 Å². The minimum atomic E-state index is -0.183. The van der Waals surface area contributed by atoms with Crippen LogP contribution in [0.2, 0.25) is 5.02 Å². The van der Waals surface area contributed by atoms with Gasteiger partial charge in [-0.1, -0.05) is 41.9 Å². The Morgan fingerprint density at radius 1 is 0.893 bits per heavy atom. The number of nitrogens with zero attached hydrogens (tertiary/aromatic N) is 2. The molecule has 0 bridgehead atoms. The van der Waals surface area contributed by atoms with Crippen molar-refractivity contribution in [3.8, 4) is 0 Å². The monoisotopic (exact) mass is 398 g/mol. The van der Waals surface area contributed by atoms with Gasteiger partial charge in [0.05, 0.1) is 12.0 Å². The number of amides is 2. The highest BCUT2D eigenvalue weighted by Gasteiger charge is 2.37. The van der Waals surface area contributed by atoms with Crippen molar-refractivity contribution in [2.24, 2.45) is 5.92 Å². The molecule has 28 heavy (non-hydrogen) atoms. The van der Waals surface area contributed by atoms with Crippen molar-refractivity contribution in [2.45, 2.75) is 6.04 Å². The van der Waals surface area contributed by atoms with E-state index in [2.05, 4.69) is 10.9 Å². The summed E-state index contributed by atoms with van der Waals surface area (Å²) in [5.74, 6) is -0.0438. The molecule has 2 atom stereocenters. The highest BCUT2D eigenvalue weighted by atomic mass is 35.5. The van der Waals surface area contributed by atoms with Gasteiger partial charge in [-0.25, -0.2) is 5.43 Å². The lowest BCUT2D eigenvalue weighted by molar-refractivity contribution is -0.137. The van der Waals surface area contributed by atoms with Crippen LogP contribution in [0.15, 0.2) is 54.6 Å². The van der Waals surface area contributed by atoms with Gasteiger partial charge in [-0.05, 0) is 29.8 Å². The van der Waals surface area contributed by atoms with Crippen LogP contribution in [0, 0.1) is 5.92 Å². The number of carbonyl (C=O) groups excluding carboxylic acids is 2. The molecule has 2 aliphatic heterocycles. The summed E-state index contributed by atoms with van der Waals surface area (Å²) in [5, 5.41) is 0.678. The Morgan fingerprint density at radius 2 is 1.54 bits per heavy atom. The van der Waals surface area contributed by atoms with E-state index in [1.165, 1.54) is 0 Å². The van der Waals surface area contributed by atoms with Gasteiger partial charge in [0.15, 0.2) is 0 Å². The summed E-state index contributed by atoms with van der Waals surface area (Å²) in [6.07, 6.45) is 0. The number of benzene rings is 2. The first kappa shape index (κ1) is 18.9. The van der Waals surface area contributed by atoms with E-state index in [1.807, 2.05) is 64.4 Å². The van der Waals surface area contributed by atoms with Gasteiger partial charge in [0.1, 0.15) is 0 Å². The Labute approximate surface area is 169 Å². The Kier molecular flexibility index (Phi) is 5.62. The lowest BCUT2D eigenvalue weighted by atomic mass is 9.93. The molecule has 7 heteroatoms. The number of hydrogen-bond donors (Lipinski definition) is 2. The zero-order valence-electron chi connectivity index (χ0n) is 15.5. The summed E-state index contributed by atoms with van der Waals surface area (Å²) < 4.78 is 0. The molecule has 2 amide bonds. The molecule has 0 aliphatic carbocycles. The molecule has 2 heterocycles. The predicted molar refractivity (Wildman–Crippen MR) is 108 cm³/mol. The Hall–Kier alpha value is -2.41. The maximum Gasteiger partial charge on any atom is 0.253 e. The van der Waals surface area contributed by atoms with Crippen molar-refractivity contribution in [3.63, 3.8) is 0 Å². The van der Waals surface area contributed by atoms with Crippen LogP contribution in [-0.4, -0.2) is 54.3 Å². The third kappa shape index (κ3) is 3.90. The molecule has 2 N–H and O–H groups in total. The van der Waals surface area contributed by atoms with E-state index in [-0.39, 0.29) is 23.8 Å². The van der Waals surface area contributed by atoms with Crippen LogP contribution in [0.4, 0.5) is 0 Å². The van der Waals surface area contributed by atoms with Crippen molar-refractivity contribution >= 4 is 23.4 Å². The number of rotatable bonds is 3. The SMILES string of the molecule is O=C(c1ccccc1)N1CCN(C(=O)C2CNNC2c2ccc(Cl)cc2)CC1. The largest absolute Gasteiger partial charge is 0.339 e. The molecule has 0 aromatic heterocycles. The summed E-state index contributed by atoms with van der Waals surface area (Å²) >= 11 is 5.98. The molecular weight excluding hydrogens is 376 g/mol. The first-order valence-corrected chi connectivity index (χ1v) is 9.88. The molecule has 2 saturated heterocycles. The molecule has 0 saturated carbocycles. The van der Waals surface area contributed by atoms with Crippen molar-refractivity contribution in [1.29, 1.82) is 0 Å². The number of hydrogen-bond acceptors (Lipinski definition) is 4. The number of nitrogens with one attached hydrogen (secondary N) is 2. The Bertz CT molecular complexity index is 835. The number of halogens is 1. The van der Waals surface area contributed by atoms with Crippen molar-refractivity contribution in [2.75, 3.05) is 32.7 Å². The van der Waals surface area contributed by atoms with Gasteiger partial charge in [0, 0.05) is 43.3 Å². The second kappa shape index (κ2) is 8.31. The van der Waals surface area contributed by atoms with Gasteiger partial charge in [0.2, 0.25) is 5.91 Å². The second-order valence-corrected chi connectivity index (χ2v) is 7.58. The van der Waals surface area contributed by atoms with Crippen molar-refractivity contribution < 1.29 is 9.59 Å². The van der Waals surface area contributed by atoms with E-state index in [0.717, 1.165) is 5.56 Å². The highest BCUT2D eigenvalue weighted by Crippen LogP contribution is 2.28. The van der Waals surface area contributed by atoms with E-state index < -0.39 is 0 Å². The molecule has 2 aromatic rings. The zero-order valence-corrected chi connectivity index (χ0v) is 16.2. The standard InChI is InChI=1S/C21H23ClN4O2/c22-17-8-6-15(7-9-17)19-18(14-23-24-19)21(28)26-12-10-25(11-13-26)20(27)16-4-2-1-3-5-16/h1-9,18-19,23-24H,10-14H2. The molecular formula is C21H23ClN4O2. The third-order valence-corrected chi connectivity index (χ3v) is 5.68. The molecule has 2 aliphatic rings. The number of carbonyl (C=O) groups is 2. The van der Waals surface area contributed by atoms with E-state index in [0.29, 0.717) is 43.3 Å². The quantitative estimate of drug-likeness (QED) is 0.831. The smallest absolute Gasteiger partial charge is 0.253 e. The second-order valence-electron chi connectivity index (χ2n) is 7.14. The topological polar surface area (TPSA) is 64.7 Å². The van der Waals surface area contributed by atoms with Crippen LogP contribution in [0.5, 0.6) is 0 Å². The van der Waals surface area contributed by atoms with Gasteiger partial charge >= 0.3 is 0 Å². The van der Waals surface area contributed by atoms with Gasteiger partial charge < -0.3 is 9.80 Å². The average Bonchev–Trinajstić information content (AvgIpc) is 3.24. The lowest BCUT2D eigenvalue weighted by Gasteiger charge is -2.36. The fourth-order valence-electron chi connectivity index (χ4n) is 3.84. The summed E-state index contributed by atoms with van der Waals surface area (Å²) in [6.45, 7) is 2.80. The van der Waals surface area contributed by atoms with Crippen LogP contribution in [0.25, 0.3) is 0 Å². The van der Waals surface area contributed by atoms with Gasteiger partial charge in [0.25, 0.3) is 5.91 Å². The number of hydrazine groups is 1. The maximum absolute atomic E-state index is 13.1. The minimum absolute atomic E-state index is 0.0240. The van der Waals surface area contributed by atoms with Crippen LogP contribution in [0.1, 0.15) is 22.0 Å². The fourth-order valence-corrected chi connectivity index (χ4v) is 3.97. The van der Waals surface area contributed by atoms with Crippen LogP contribution < -0.4 is 10.9 Å². The Balaban J connectivity index is 1.38. The fraction of sp³-hybridized carbons (Fsp3) is 0.333. The van der Waals surface area contributed by atoms with Gasteiger partial charge in [-0.2, -0.15) is 0 Å². The summed E-state index contributed by atoms with van der Waals surface area (Å²) in [5.41, 5.74) is 8.04. The molecule has 146 valence electrons. The average molecular weight is 399 g/mol. The molecule has 0 spiro atoms. The summed E-state index contributed by atoms with van der Waals surface area (Å²) in [4.78, 5) is 29.4. The van der Waals surface area contributed by atoms with Crippen LogP contribution in [0.3, 0.4) is 0 Å². The molecule has 4 rings (SSSR count). The predicted octanol–water partition coefficient (Wildman–Crippen LogP) is 2.09. The van der Waals surface area contributed by atoms with Crippen molar-refractivity contribution in [3.05, 3.63) is 70.7 Å². The first-order chi connectivity index (χ1) is 13.6. The van der Waals surface area contributed by atoms with E-state index >= 15 is 0 Å². The van der Waals surface area contributed by atoms with E-state index in [4.69, 9.17) is 11.6 Å². The Morgan fingerprint density at radius 3 is 2.21 bits per heavy atom. The first-order valence-electron chi connectivity index (χ1n) is 9.50. The summed E-state index contributed by atoms with van der Waals surface area (Å²) in [6, 6.07) is 16.8. The van der Waals surface area contributed by atoms with Crippen LogP contribution >= 0.6 is 11.6 Å².